The summed E-state index contributed by atoms with van der Waals surface area (Å²) < 4.78 is 0. The van der Waals surface area contributed by atoms with Crippen molar-refractivity contribution in [1.29, 1.82) is 0 Å². The highest BCUT2D eigenvalue weighted by Crippen LogP contribution is 2.31. The van der Waals surface area contributed by atoms with E-state index in [9.17, 15) is 5.11 Å². The molecule has 0 saturated carbocycles. The Hall–Kier alpha value is -0.473. The fraction of sp³-hybridized carbons (Fsp3) is 0.625. The molecule has 1 N–H and O–H groups in total. The van der Waals surface area contributed by atoms with Crippen LogP contribution in [0, 0.1) is 0 Å². The number of unbranched alkanes of at least 4 members (excludes halogenated alkanes) is 2. The van der Waals surface area contributed by atoms with Gasteiger partial charge in [-0.05, 0) is 42.2 Å². The van der Waals surface area contributed by atoms with Gasteiger partial charge in [0.25, 0.3) is 0 Å². The Morgan fingerprint density at radius 1 is 0.947 bits per heavy atom. The van der Waals surface area contributed by atoms with Crippen LogP contribution in [-0.4, -0.2) is 12.5 Å². The third-order valence-corrected chi connectivity index (χ3v) is 9.10. The average molecular weight is 299 g/mol. The average Bonchev–Trinajstić information content (AvgIpc) is 2.43. The highest BCUT2D eigenvalue weighted by molar-refractivity contribution is 7.20. The van der Waals surface area contributed by atoms with Crippen molar-refractivity contribution in [2.24, 2.45) is 0 Å². The molecule has 0 spiro atoms. The SMILES string of the molecule is CCCC[Si](Cl)(CCCC)CCc1ccc(O)cc1. The minimum Gasteiger partial charge on any atom is -0.508 e. The molecule has 0 aromatic heterocycles. The zero-order valence-electron chi connectivity index (χ0n) is 12.3. The first-order chi connectivity index (χ1) is 9.09. The summed E-state index contributed by atoms with van der Waals surface area (Å²) in [5.41, 5.74) is 1.29. The molecule has 1 aromatic rings. The van der Waals surface area contributed by atoms with Gasteiger partial charge in [-0.2, -0.15) is 11.1 Å². The third kappa shape index (κ3) is 6.48. The molecule has 19 heavy (non-hydrogen) atoms. The normalized spacial score (nSPS) is 11.7. The Morgan fingerprint density at radius 3 is 1.95 bits per heavy atom. The van der Waals surface area contributed by atoms with E-state index in [0.717, 1.165) is 6.42 Å². The summed E-state index contributed by atoms with van der Waals surface area (Å²) in [6.45, 7) is 4.48. The maximum Gasteiger partial charge on any atom is 0.156 e. The fourth-order valence-electron chi connectivity index (χ4n) is 2.39. The van der Waals surface area contributed by atoms with Gasteiger partial charge in [0.2, 0.25) is 0 Å². The molecule has 1 aromatic carbocycles. The predicted octanol–water partition coefficient (Wildman–Crippen LogP) is 5.72. The molecule has 3 heteroatoms. The Bertz CT molecular complexity index is 342. The molecule has 0 unspecified atom stereocenters. The van der Waals surface area contributed by atoms with E-state index in [4.69, 9.17) is 11.1 Å². The van der Waals surface area contributed by atoms with Crippen molar-refractivity contribution in [3.63, 3.8) is 0 Å². The van der Waals surface area contributed by atoms with Crippen molar-refractivity contribution in [3.8, 4) is 5.75 Å². The molecular formula is C16H27ClOSi. The number of aryl methyl sites for hydroxylation is 1. The Balaban J connectivity index is 2.53. The van der Waals surface area contributed by atoms with Gasteiger partial charge >= 0.3 is 0 Å². The quantitative estimate of drug-likeness (QED) is 0.456. The molecule has 0 aliphatic rings. The second-order valence-electron chi connectivity index (χ2n) is 5.52. The van der Waals surface area contributed by atoms with Crippen LogP contribution in [0.3, 0.4) is 0 Å². The highest BCUT2D eigenvalue weighted by Gasteiger charge is 2.28. The molecule has 0 saturated heterocycles. The number of rotatable bonds is 9. The lowest BCUT2D eigenvalue weighted by atomic mass is 10.2. The second kappa shape index (κ2) is 8.65. The molecule has 0 fully saturated rings. The van der Waals surface area contributed by atoms with E-state index in [1.165, 1.54) is 49.4 Å². The summed E-state index contributed by atoms with van der Waals surface area (Å²) in [6.07, 6.45) is 6.09. The number of halogens is 1. The van der Waals surface area contributed by atoms with Crippen molar-refractivity contribution in [3.05, 3.63) is 29.8 Å². The van der Waals surface area contributed by atoms with Gasteiger partial charge < -0.3 is 5.11 Å². The summed E-state index contributed by atoms with van der Waals surface area (Å²) in [4.78, 5) is 0. The summed E-state index contributed by atoms with van der Waals surface area (Å²) in [6, 6.07) is 11.2. The van der Waals surface area contributed by atoms with Gasteiger partial charge in [0.05, 0.1) is 0 Å². The first kappa shape index (κ1) is 16.6. The van der Waals surface area contributed by atoms with Crippen molar-refractivity contribution in [1.82, 2.24) is 0 Å². The first-order valence-corrected chi connectivity index (χ1v) is 11.2. The predicted molar refractivity (Wildman–Crippen MR) is 87.7 cm³/mol. The van der Waals surface area contributed by atoms with E-state index in [1.54, 1.807) is 12.1 Å². The molecule has 1 nitrogen and oxygen atoms in total. The van der Waals surface area contributed by atoms with Crippen molar-refractivity contribution in [2.45, 2.75) is 64.1 Å². The van der Waals surface area contributed by atoms with Crippen LogP contribution in [0.2, 0.25) is 18.1 Å². The number of benzene rings is 1. The van der Waals surface area contributed by atoms with Crippen molar-refractivity contribution >= 4 is 18.5 Å². The largest absolute Gasteiger partial charge is 0.508 e. The van der Waals surface area contributed by atoms with Gasteiger partial charge in [0.1, 0.15) is 5.75 Å². The summed E-state index contributed by atoms with van der Waals surface area (Å²) in [5.74, 6) is 0.343. The van der Waals surface area contributed by atoms with Gasteiger partial charge in [0.15, 0.2) is 7.38 Å². The van der Waals surface area contributed by atoms with Crippen LogP contribution in [-0.2, 0) is 6.42 Å². The minimum absolute atomic E-state index is 0.343. The van der Waals surface area contributed by atoms with Crippen LogP contribution >= 0.6 is 11.1 Å². The zero-order chi connectivity index (χ0) is 14.1. The molecule has 0 amide bonds. The maximum atomic E-state index is 9.30. The maximum absolute atomic E-state index is 9.30. The number of hydrogen-bond acceptors (Lipinski definition) is 1. The molecule has 1 rings (SSSR count). The van der Waals surface area contributed by atoms with Crippen LogP contribution in [0.1, 0.15) is 45.1 Å². The van der Waals surface area contributed by atoms with E-state index >= 15 is 0 Å². The van der Waals surface area contributed by atoms with Gasteiger partial charge in [-0.1, -0.05) is 51.7 Å². The van der Waals surface area contributed by atoms with Crippen LogP contribution in [0.4, 0.5) is 0 Å². The van der Waals surface area contributed by atoms with Gasteiger partial charge in [-0.25, -0.2) is 0 Å². The molecule has 0 atom stereocenters. The Kier molecular flexibility index (Phi) is 7.55. The van der Waals surface area contributed by atoms with E-state index in [2.05, 4.69) is 13.8 Å². The third-order valence-electron chi connectivity index (χ3n) is 3.75. The van der Waals surface area contributed by atoms with Crippen LogP contribution < -0.4 is 0 Å². The molecular weight excluding hydrogens is 272 g/mol. The minimum atomic E-state index is -1.58. The lowest BCUT2D eigenvalue weighted by molar-refractivity contribution is 0.475. The van der Waals surface area contributed by atoms with Gasteiger partial charge in [-0.15, -0.1) is 0 Å². The lowest BCUT2D eigenvalue weighted by Crippen LogP contribution is -2.27. The number of phenolic OH excluding ortho intramolecular Hbond substituents is 1. The molecule has 0 heterocycles. The topological polar surface area (TPSA) is 20.2 Å². The molecule has 108 valence electrons. The molecule has 0 bridgehead atoms. The van der Waals surface area contributed by atoms with E-state index in [-0.39, 0.29) is 0 Å². The Morgan fingerprint density at radius 2 is 1.47 bits per heavy atom. The first-order valence-electron chi connectivity index (χ1n) is 7.56. The lowest BCUT2D eigenvalue weighted by Gasteiger charge is -2.24. The van der Waals surface area contributed by atoms with Crippen LogP contribution in [0.15, 0.2) is 24.3 Å². The summed E-state index contributed by atoms with van der Waals surface area (Å²) in [7, 11) is -1.58. The number of aromatic hydroxyl groups is 1. The standard InChI is InChI=1S/C16H27ClOSi/c1-3-5-12-19(17,13-6-4-2)14-11-15-7-9-16(18)10-8-15/h7-10,18H,3-6,11-14H2,1-2H3. The zero-order valence-corrected chi connectivity index (χ0v) is 14.0. The highest BCUT2D eigenvalue weighted by atomic mass is 35.6. The van der Waals surface area contributed by atoms with Crippen LogP contribution in [0.5, 0.6) is 5.75 Å². The van der Waals surface area contributed by atoms with Crippen LogP contribution in [0.25, 0.3) is 0 Å². The Labute approximate surface area is 123 Å². The van der Waals surface area contributed by atoms with Crippen molar-refractivity contribution in [2.75, 3.05) is 0 Å². The van der Waals surface area contributed by atoms with E-state index < -0.39 is 7.38 Å². The van der Waals surface area contributed by atoms with E-state index in [0.29, 0.717) is 5.75 Å². The number of hydrogen-bond donors (Lipinski definition) is 1. The molecule has 0 aliphatic carbocycles. The smallest absolute Gasteiger partial charge is 0.156 e. The van der Waals surface area contributed by atoms with Crippen molar-refractivity contribution < 1.29 is 5.11 Å². The molecule has 0 radical (unpaired) electrons. The monoisotopic (exact) mass is 298 g/mol. The molecule has 0 aliphatic heterocycles. The van der Waals surface area contributed by atoms with Gasteiger partial charge in [-0.3, -0.25) is 0 Å². The second-order valence-corrected chi connectivity index (χ2v) is 11.7. The summed E-state index contributed by atoms with van der Waals surface area (Å²) >= 11 is 6.97. The fourth-order valence-corrected chi connectivity index (χ4v) is 6.94. The summed E-state index contributed by atoms with van der Waals surface area (Å²) in [5, 5.41) is 9.30. The van der Waals surface area contributed by atoms with E-state index in [1.807, 2.05) is 12.1 Å². The number of phenols is 1. The van der Waals surface area contributed by atoms with Gasteiger partial charge in [0, 0.05) is 0 Å².